The zero-order valence-corrected chi connectivity index (χ0v) is 6.86. The highest BCUT2D eigenvalue weighted by Crippen LogP contribution is 2.19. The Bertz CT molecular complexity index is 163. The Morgan fingerprint density at radius 3 is 2.33 bits per heavy atom. The highest BCUT2D eigenvalue weighted by Gasteiger charge is 2.34. The molecule has 0 saturated heterocycles. The van der Waals surface area contributed by atoms with Gasteiger partial charge in [0.15, 0.2) is 0 Å². The molecule has 1 rings (SSSR count). The summed E-state index contributed by atoms with van der Waals surface area (Å²) in [4.78, 5) is 14.8. The van der Waals surface area contributed by atoms with Crippen LogP contribution in [-0.4, -0.2) is 34.4 Å². The van der Waals surface area contributed by atoms with E-state index in [1.54, 1.807) is 0 Å². The van der Waals surface area contributed by atoms with Crippen molar-refractivity contribution < 1.29 is 19.8 Å². The van der Waals surface area contributed by atoms with Crippen LogP contribution < -0.4 is 5.48 Å². The Morgan fingerprint density at radius 2 is 1.92 bits per heavy atom. The van der Waals surface area contributed by atoms with Gasteiger partial charge in [-0.25, -0.2) is 0 Å². The van der Waals surface area contributed by atoms with Crippen molar-refractivity contribution in [1.29, 1.82) is 0 Å². The smallest absolute Gasteiger partial charge is 0.321 e. The zero-order chi connectivity index (χ0) is 9.14. The van der Waals surface area contributed by atoms with E-state index < -0.39 is 24.2 Å². The quantitative estimate of drug-likeness (QED) is 0.466. The molecule has 0 heterocycles. The minimum atomic E-state index is -0.639. The molecule has 0 bridgehead atoms. The fourth-order valence-corrected chi connectivity index (χ4v) is 1.27. The standard InChI is InChI=1S/C7H13NO4/c1-4(9)12-8-7-5(10)2-3-6(7)11/h5-8,10-11H,2-3H2,1H3/t5-,6?,7?/m0/s1. The van der Waals surface area contributed by atoms with Gasteiger partial charge in [-0.15, -0.1) is 5.48 Å². The van der Waals surface area contributed by atoms with Crippen LogP contribution in [-0.2, 0) is 9.63 Å². The molecule has 0 aromatic heterocycles. The second-order valence-electron chi connectivity index (χ2n) is 2.95. The molecule has 0 amide bonds. The first-order valence-corrected chi connectivity index (χ1v) is 3.90. The number of rotatable bonds is 2. The summed E-state index contributed by atoms with van der Waals surface area (Å²) >= 11 is 0. The minimum Gasteiger partial charge on any atom is -0.391 e. The first-order chi connectivity index (χ1) is 5.61. The molecule has 5 nitrogen and oxygen atoms in total. The molecule has 1 fully saturated rings. The normalized spacial score (nSPS) is 35.1. The van der Waals surface area contributed by atoms with E-state index in [4.69, 9.17) is 0 Å². The molecule has 3 atom stereocenters. The highest BCUT2D eigenvalue weighted by molar-refractivity contribution is 5.65. The Morgan fingerprint density at radius 1 is 1.42 bits per heavy atom. The predicted octanol–water partition coefficient (Wildman–Crippen LogP) is -1.06. The van der Waals surface area contributed by atoms with E-state index in [1.165, 1.54) is 6.92 Å². The van der Waals surface area contributed by atoms with Gasteiger partial charge in [-0.05, 0) is 12.8 Å². The van der Waals surface area contributed by atoms with Gasteiger partial charge in [-0.1, -0.05) is 0 Å². The lowest BCUT2D eigenvalue weighted by atomic mass is 10.2. The van der Waals surface area contributed by atoms with Crippen molar-refractivity contribution in [3.63, 3.8) is 0 Å². The summed E-state index contributed by atoms with van der Waals surface area (Å²) in [5.74, 6) is -0.485. The van der Waals surface area contributed by atoms with Gasteiger partial charge in [0.25, 0.3) is 0 Å². The molecular formula is C7H13NO4. The van der Waals surface area contributed by atoms with E-state index >= 15 is 0 Å². The maximum absolute atomic E-state index is 10.4. The number of carbonyl (C=O) groups excluding carboxylic acids is 1. The van der Waals surface area contributed by atoms with Crippen molar-refractivity contribution in [3.8, 4) is 0 Å². The molecule has 2 unspecified atom stereocenters. The summed E-state index contributed by atoms with van der Waals surface area (Å²) in [6.07, 6.45) is -0.223. The number of hydroxylamine groups is 1. The second kappa shape index (κ2) is 3.84. The van der Waals surface area contributed by atoms with Gasteiger partial charge >= 0.3 is 5.97 Å². The molecular weight excluding hydrogens is 162 g/mol. The van der Waals surface area contributed by atoms with E-state index in [-0.39, 0.29) is 0 Å². The first kappa shape index (κ1) is 9.44. The Hall–Kier alpha value is -0.650. The molecule has 1 aliphatic carbocycles. The molecule has 1 aliphatic rings. The van der Waals surface area contributed by atoms with Gasteiger partial charge in [0.1, 0.15) is 0 Å². The SMILES string of the molecule is CC(=O)ONC1C(O)CC[C@@H]1O. The van der Waals surface area contributed by atoms with Crippen LogP contribution in [0.3, 0.4) is 0 Å². The summed E-state index contributed by atoms with van der Waals surface area (Å²) in [6.45, 7) is 1.25. The monoisotopic (exact) mass is 175 g/mol. The molecule has 3 N–H and O–H groups in total. The second-order valence-corrected chi connectivity index (χ2v) is 2.95. The third-order valence-electron chi connectivity index (χ3n) is 1.93. The van der Waals surface area contributed by atoms with Gasteiger partial charge in [0.2, 0.25) is 0 Å². The fraction of sp³-hybridized carbons (Fsp3) is 0.857. The number of nitrogens with one attached hydrogen (secondary N) is 1. The van der Waals surface area contributed by atoms with Crippen LogP contribution >= 0.6 is 0 Å². The third kappa shape index (κ3) is 2.17. The Balaban J connectivity index is 2.34. The average Bonchev–Trinajstić information content (AvgIpc) is 2.28. The Labute approximate surface area is 70.3 Å². The molecule has 12 heavy (non-hydrogen) atoms. The van der Waals surface area contributed by atoms with Crippen LogP contribution in [0.15, 0.2) is 0 Å². The number of carbonyl (C=O) groups is 1. The molecule has 70 valence electrons. The Kier molecular flexibility index (Phi) is 3.02. The van der Waals surface area contributed by atoms with Gasteiger partial charge < -0.3 is 15.1 Å². The summed E-state index contributed by atoms with van der Waals surface area (Å²) in [6, 6.07) is -0.547. The molecule has 0 aliphatic heterocycles. The average molecular weight is 175 g/mol. The van der Waals surface area contributed by atoms with Crippen LogP contribution in [0.5, 0.6) is 0 Å². The van der Waals surface area contributed by atoms with E-state index in [2.05, 4.69) is 10.3 Å². The van der Waals surface area contributed by atoms with Crippen LogP contribution in [0.2, 0.25) is 0 Å². The maximum atomic E-state index is 10.4. The van der Waals surface area contributed by atoms with Gasteiger partial charge in [-0.2, -0.15) is 0 Å². The van der Waals surface area contributed by atoms with Crippen LogP contribution in [0.1, 0.15) is 19.8 Å². The summed E-state index contributed by atoms with van der Waals surface area (Å²) < 4.78 is 0. The van der Waals surface area contributed by atoms with E-state index in [0.29, 0.717) is 12.8 Å². The highest BCUT2D eigenvalue weighted by atomic mass is 16.7. The zero-order valence-electron chi connectivity index (χ0n) is 6.86. The number of hydrogen-bond donors (Lipinski definition) is 3. The first-order valence-electron chi connectivity index (χ1n) is 3.90. The van der Waals surface area contributed by atoms with Gasteiger partial charge in [-0.3, -0.25) is 4.79 Å². The fourth-order valence-electron chi connectivity index (χ4n) is 1.27. The van der Waals surface area contributed by atoms with Crippen LogP contribution in [0.4, 0.5) is 0 Å². The van der Waals surface area contributed by atoms with Crippen molar-refractivity contribution in [3.05, 3.63) is 0 Å². The van der Waals surface area contributed by atoms with Crippen molar-refractivity contribution in [2.75, 3.05) is 0 Å². The minimum absolute atomic E-state index is 0.485. The van der Waals surface area contributed by atoms with E-state index in [1.807, 2.05) is 0 Å². The van der Waals surface area contributed by atoms with E-state index in [0.717, 1.165) is 0 Å². The third-order valence-corrected chi connectivity index (χ3v) is 1.93. The maximum Gasteiger partial charge on any atom is 0.321 e. The molecule has 0 radical (unpaired) electrons. The van der Waals surface area contributed by atoms with Crippen molar-refractivity contribution in [1.82, 2.24) is 5.48 Å². The van der Waals surface area contributed by atoms with Crippen LogP contribution in [0.25, 0.3) is 0 Å². The van der Waals surface area contributed by atoms with Crippen molar-refractivity contribution in [2.45, 2.75) is 38.0 Å². The van der Waals surface area contributed by atoms with Gasteiger partial charge in [0.05, 0.1) is 18.2 Å². The summed E-state index contributed by atoms with van der Waals surface area (Å²) in [5.41, 5.74) is 2.33. The lowest BCUT2D eigenvalue weighted by Gasteiger charge is -2.17. The molecule has 0 spiro atoms. The van der Waals surface area contributed by atoms with Crippen molar-refractivity contribution >= 4 is 5.97 Å². The predicted molar refractivity (Wildman–Crippen MR) is 39.9 cm³/mol. The van der Waals surface area contributed by atoms with Gasteiger partial charge in [0, 0.05) is 6.92 Å². The summed E-state index contributed by atoms with van der Waals surface area (Å²) in [7, 11) is 0. The van der Waals surface area contributed by atoms with E-state index in [9.17, 15) is 15.0 Å². The lowest BCUT2D eigenvalue weighted by Crippen LogP contribution is -2.43. The van der Waals surface area contributed by atoms with Crippen molar-refractivity contribution in [2.24, 2.45) is 0 Å². The summed E-state index contributed by atoms with van der Waals surface area (Å²) in [5, 5.41) is 18.5. The number of aliphatic hydroxyl groups is 2. The molecule has 1 saturated carbocycles. The number of aliphatic hydroxyl groups excluding tert-OH is 2. The molecule has 0 aromatic carbocycles. The van der Waals surface area contributed by atoms with Crippen LogP contribution in [0, 0.1) is 0 Å². The molecule has 5 heteroatoms. The largest absolute Gasteiger partial charge is 0.391 e. The number of hydrogen-bond acceptors (Lipinski definition) is 5. The molecule has 0 aromatic rings. The lowest BCUT2D eigenvalue weighted by molar-refractivity contribution is -0.153. The topological polar surface area (TPSA) is 78.8 Å².